The van der Waals surface area contributed by atoms with E-state index in [0.29, 0.717) is 10.9 Å². The number of hydrazone groups is 1. The van der Waals surface area contributed by atoms with Crippen LogP contribution in [0, 0.1) is 5.82 Å². The van der Waals surface area contributed by atoms with Crippen LogP contribution >= 0.6 is 15.9 Å². The van der Waals surface area contributed by atoms with Gasteiger partial charge in [-0.3, -0.25) is 9.59 Å². The van der Waals surface area contributed by atoms with Crippen LogP contribution in [0.15, 0.2) is 39.5 Å². The maximum Gasteiger partial charge on any atom is 0.276 e. The molecule has 10 heteroatoms. The summed E-state index contributed by atoms with van der Waals surface area (Å²) in [5, 5.41) is 17.8. The predicted molar refractivity (Wildman–Crippen MR) is 103 cm³/mol. The van der Waals surface area contributed by atoms with Crippen molar-refractivity contribution >= 4 is 39.6 Å². The van der Waals surface area contributed by atoms with E-state index in [1.54, 1.807) is 19.1 Å². The van der Waals surface area contributed by atoms with Crippen LogP contribution in [0.3, 0.4) is 0 Å². The number of rotatable bonds is 7. The van der Waals surface area contributed by atoms with Crippen molar-refractivity contribution in [3.63, 3.8) is 0 Å². The average molecular weight is 442 g/mol. The second-order valence-corrected chi connectivity index (χ2v) is 7.08. The summed E-state index contributed by atoms with van der Waals surface area (Å²) >= 11 is 3.18. The monoisotopic (exact) mass is 441 g/mol. The molecule has 1 aromatic carbocycles. The molecule has 0 aromatic heterocycles. The van der Waals surface area contributed by atoms with Gasteiger partial charge in [0.15, 0.2) is 5.71 Å². The maximum atomic E-state index is 14.2. The lowest BCUT2D eigenvalue weighted by molar-refractivity contribution is -0.146. The Kier molecular flexibility index (Phi) is 6.68. The van der Waals surface area contributed by atoms with Crippen molar-refractivity contribution in [1.29, 1.82) is 0 Å². The number of β-amino-alcohol motifs (C(OH)–C–C–N with tert-alkyl or cyclic N) is 1. The van der Waals surface area contributed by atoms with Gasteiger partial charge in [-0.15, -0.1) is 0 Å². The highest BCUT2D eigenvalue weighted by Crippen LogP contribution is 2.24. The zero-order chi connectivity index (χ0) is 20.2. The molecule has 146 valence electrons. The number of aliphatic hydroxyl groups is 1. The molecular weight excluding hydrogens is 421 g/mol. The summed E-state index contributed by atoms with van der Waals surface area (Å²) in [6.07, 6.45) is 1.98. The minimum absolute atomic E-state index is 0.0241. The predicted octanol–water partition coefficient (Wildman–Crippen LogP) is 0.880. The molecule has 8 nitrogen and oxygen atoms in total. The molecule has 2 amide bonds. The fourth-order valence-corrected chi connectivity index (χ4v) is 2.82. The third kappa shape index (κ3) is 4.90. The van der Waals surface area contributed by atoms with E-state index in [1.165, 1.54) is 24.1 Å². The van der Waals surface area contributed by atoms with Gasteiger partial charge in [-0.25, -0.2) is 9.40 Å². The lowest BCUT2D eigenvalue weighted by Gasteiger charge is -2.45. The summed E-state index contributed by atoms with van der Waals surface area (Å²) in [5.41, 5.74) is 4.63. The summed E-state index contributed by atoms with van der Waals surface area (Å²) in [5.74, 6) is -1.04. The van der Waals surface area contributed by atoms with E-state index in [4.69, 9.17) is 5.73 Å². The van der Waals surface area contributed by atoms with Gasteiger partial charge in [-0.2, -0.15) is 5.10 Å². The standard InChI is InChI=1S/C17H21BrFN5O3/c1-3-13(21-14-5-4-11(18)6-12(14)19)15(22-23(2)10-25)16(26)24-8-17(27,7-20)9-24/h3-6,10,21,27H,7-9,20H2,1-2H3/b13-3+,22-15+. The van der Waals surface area contributed by atoms with Gasteiger partial charge in [0.1, 0.15) is 11.4 Å². The van der Waals surface area contributed by atoms with E-state index in [0.717, 1.165) is 5.01 Å². The third-order valence-corrected chi connectivity index (χ3v) is 4.49. The molecular formula is C17H21BrFN5O3. The summed E-state index contributed by atoms with van der Waals surface area (Å²) in [7, 11) is 1.38. The first kappa shape index (κ1) is 21.0. The maximum absolute atomic E-state index is 14.2. The summed E-state index contributed by atoms with van der Waals surface area (Å²) in [4.78, 5) is 25.1. The number of nitrogens with one attached hydrogen (secondary N) is 1. The van der Waals surface area contributed by atoms with Crippen molar-refractivity contribution in [2.24, 2.45) is 10.8 Å². The first-order valence-electron chi connectivity index (χ1n) is 8.10. The van der Waals surface area contributed by atoms with Crippen molar-refractivity contribution in [3.05, 3.63) is 40.3 Å². The summed E-state index contributed by atoms with van der Waals surface area (Å²) in [6.45, 7) is 1.77. The van der Waals surface area contributed by atoms with Crippen LogP contribution in [-0.4, -0.2) is 65.3 Å². The minimum Gasteiger partial charge on any atom is -0.385 e. The Bertz CT molecular complexity index is 793. The Hall–Kier alpha value is -2.30. The van der Waals surface area contributed by atoms with Crippen molar-refractivity contribution in [2.75, 3.05) is 32.0 Å². The first-order valence-corrected chi connectivity index (χ1v) is 8.89. The lowest BCUT2D eigenvalue weighted by atomic mass is 9.93. The summed E-state index contributed by atoms with van der Waals surface area (Å²) < 4.78 is 14.7. The first-order chi connectivity index (χ1) is 12.7. The fourth-order valence-electron chi connectivity index (χ4n) is 2.48. The second kappa shape index (κ2) is 8.59. The number of likely N-dealkylation sites (tertiary alicyclic amines) is 1. The van der Waals surface area contributed by atoms with E-state index >= 15 is 0 Å². The Morgan fingerprint density at radius 3 is 2.74 bits per heavy atom. The number of hydrogen-bond donors (Lipinski definition) is 3. The van der Waals surface area contributed by atoms with Crippen molar-refractivity contribution in [2.45, 2.75) is 12.5 Å². The zero-order valence-electron chi connectivity index (χ0n) is 14.9. The van der Waals surface area contributed by atoms with Gasteiger partial charge in [-0.05, 0) is 25.1 Å². The molecule has 4 N–H and O–H groups in total. The third-order valence-electron chi connectivity index (χ3n) is 3.99. The Labute approximate surface area is 164 Å². The van der Waals surface area contributed by atoms with Crippen molar-refractivity contribution in [3.8, 4) is 0 Å². The number of allylic oxidation sites excluding steroid dienone is 1. The van der Waals surface area contributed by atoms with Gasteiger partial charge < -0.3 is 21.1 Å². The van der Waals surface area contributed by atoms with Crippen LogP contribution < -0.4 is 11.1 Å². The highest BCUT2D eigenvalue weighted by atomic mass is 79.9. The number of carbonyl (C=O) groups is 2. The number of anilines is 1. The van der Waals surface area contributed by atoms with Crippen LogP contribution in [0.25, 0.3) is 0 Å². The van der Waals surface area contributed by atoms with Gasteiger partial charge in [0.25, 0.3) is 5.91 Å². The van der Waals surface area contributed by atoms with Gasteiger partial charge in [0.2, 0.25) is 6.41 Å². The molecule has 27 heavy (non-hydrogen) atoms. The van der Waals surface area contributed by atoms with E-state index in [2.05, 4.69) is 26.3 Å². The number of nitrogens with zero attached hydrogens (tertiary/aromatic N) is 3. The quantitative estimate of drug-likeness (QED) is 0.330. The molecule has 1 fully saturated rings. The molecule has 0 radical (unpaired) electrons. The molecule has 0 spiro atoms. The van der Waals surface area contributed by atoms with Gasteiger partial charge in [0, 0.05) is 18.1 Å². The topological polar surface area (TPSA) is 111 Å². The molecule has 0 unspecified atom stereocenters. The number of benzene rings is 1. The average Bonchev–Trinajstić information content (AvgIpc) is 2.62. The molecule has 1 aliphatic rings. The van der Waals surface area contributed by atoms with Crippen LogP contribution in [0.2, 0.25) is 0 Å². The molecule has 0 saturated carbocycles. The Balaban J connectivity index is 2.30. The lowest BCUT2D eigenvalue weighted by Crippen LogP contribution is -2.67. The van der Waals surface area contributed by atoms with Gasteiger partial charge >= 0.3 is 0 Å². The van der Waals surface area contributed by atoms with E-state index in [1.807, 2.05) is 0 Å². The number of amides is 2. The van der Waals surface area contributed by atoms with E-state index < -0.39 is 17.3 Å². The summed E-state index contributed by atoms with van der Waals surface area (Å²) in [6, 6.07) is 4.43. The molecule has 1 aliphatic heterocycles. The van der Waals surface area contributed by atoms with Crippen LogP contribution in [0.1, 0.15) is 6.92 Å². The number of carbonyl (C=O) groups excluding carboxylic acids is 2. The van der Waals surface area contributed by atoms with Crippen LogP contribution in [0.5, 0.6) is 0 Å². The SMILES string of the molecule is C/C=C(Nc1ccc(Br)cc1F)\C(=N/N(C)C=O)C(=O)N1CC(O)(CN)C1. The molecule has 0 atom stereocenters. The molecule has 1 aromatic rings. The Morgan fingerprint density at radius 2 is 2.22 bits per heavy atom. The zero-order valence-corrected chi connectivity index (χ0v) is 16.5. The molecule has 2 rings (SSSR count). The number of hydrogen-bond acceptors (Lipinski definition) is 6. The van der Waals surface area contributed by atoms with Gasteiger partial charge in [0.05, 0.1) is 24.5 Å². The van der Waals surface area contributed by atoms with Crippen LogP contribution in [-0.2, 0) is 9.59 Å². The second-order valence-electron chi connectivity index (χ2n) is 6.17. The Morgan fingerprint density at radius 1 is 1.56 bits per heavy atom. The van der Waals surface area contributed by atoms with Crippen molar-refractivity contribution in [1.82, 2.24) is 9.91 Å². The highest BCUT2D eigenvalue weighted by molar-refractivity contribution is 9.10. The largest absolute Gasteiger partial charge is 0.385 e. The number of nitrogens with two attached hydrogens (primary N) is 1. The van der Waals surface area contributed by atoms with E-state index in [-0.39, 0.29) is 36.7 Å². The number of halogens is 2. The molecule has 1 saturated heterocycles. The molecule has 0 bridgehead atoms. The highest BCUT2D eigenvalue weighted by Gasteiger charge is 2.44. The van der Waals surface area contributed by atoms with Crippen molar-refractivity contribution < 1.29 is 19.1 Å². The minimum atomic E-state index is -1.13. The smallest absolute Gasteiger partial charge is 0.276 e. The van der Waals surface area contributed by atoms with Gasteiger partial charge in [-0.1, -0.05) is 22.0 Å². The van der Waals surface area contributed by atoms with E-state index in [9.17, 15) is 19.1 Å². The van der Waals surface area contributed by atoms with Crippen LogP contribution in [0.4, 0.5) is 10.1 Å². The molecule has 0 aliphatic carbocycles. The normalized spacial score (nSPS) is 16.6. The molecule has 1 heterocycles. The fraction of sp³-hybridized carbons (Fsp3) is 0.353.